The van der Waals surface area contributed by atoms with Crippen LogP contribution in [0.2, 0.25) is 0 Å². The van der Waals surface area contributed by atoms with Gasteiger partial charge in [-0.2, -0.15) is 9.90 Å². The average molecular weight is 277 g/mol. The third-order valence-corrected chi connectivity index (χ3v) is 0. The van der Waals surface area contributed by atoms with Gasteiger partial charge < -0.3 is 0 Å². The summed E-state index contributed by atoms with van der Waals surface area (Å²) in [4.78, 5) is 0. The van der Waals surface area contributed by atoms with Crippen molar-refractivity contribution in [2.75, 3.05) is 0 Å². The smallest absolute Gasteiger partial charge is 0.114 e. The SMILES string of the molecule is Br.Br.Br.P. The van der Waals surface area contributed by atoms with Crippen molar-refractivity contribution >= 4 is 60.8 Å². The first kappa shape index (κ1) is 39.8. The van der Waals surface area contributed by atoms with Crippen LogP contribution in [0.4, 0.5) is 0 Å². The van der Waals surface area contributed by atoms with Gasteiger partial charge in [0.15, 0.2) is 0 Å². The Morgan fingerprint density at radius 1 is 0.500 bits per heavy atom. The minimum Gasteiger partial charge on any atom is -0.153 e. The van der Waals surface area contributed by atoms with Crippen molar-refractivity contribution in [1.82, 2.24) is 0 Å². The molecule has 0 aromatic carbocycles. The molecule has 4 heavy (non-hydrogen) atoms. The Morgan fingerprint density at radius 3 is 0.500 bits per heavy atom. The zero-order valence-corrected chi connectivity index (χ0v) is 8.49. The maximum Gasteiger partial charge on any atom is -0.114 e. The van der Waals surface area contributed by atoms with Crippen LogP contribution in [-0.2, 0) is 0 Å². The van der Waals surface area contributed by atoms with Crippen LogP contribution >= 0.6 is 60.8 Å². The lowest BCUT2D eigenvalue weighted by Gasteiger charge is -0.153. The number of rotatable bonds is 0. The minimum atomic E-state index is 0. The molecule has 4 heteroatoms. The van der Waals surface area contributed by atoms with Crippen LogP contribution in [0.5, 0.6) is 0 Å². The van der Waals surface area contributed by atoms with Crippen molar-refractivity contribution in [3.05, 3.63) is 0 Å². The molecule has 0 aromatic heterocycles. The Labute approximate surface area is 60.7 Å². The van der Waals surface area contributed by atoms with Crippen LogP contribution in [0.1, 0.15) is 0 Å². The summed E-state index contributed by atoms with van der Waals surface area (Å²) in [5, 5.41) is 0. The molecule has 0 saturated heterocycles. The minimum absolute atomic E-state index is 0. The van der Waals surface area contributed by atoms with E-state index in [4.69, 9.17) is 0 Å². The number of hydrogen-bond donors (Lipinski definition) is 0. The third kappa shape index (κ3) is 9.12. The summed E-state index contributed by atoms with van der Waals surface area (Å²) >= 11 is 0. The molecule has 1 atom stereocenters. The Hall–Kier alpha value is 1.87. The Bertz CT molecular complexity index is 3.25. The van der Waals surface area contributed by atoms with Gasteiger partial charge in [-0.1, -0.05) is 0 Å². The molecule has 0 aliphatic rings. The largest absolute Gasteiger partial charge is 0.153 e. The fraction of sp³-hybridized carbons (Fsp3) is 0. The molecule has 0 aliphatic heterocycles. The molecule has 0 saturated carbocycles. The van der Waals surface area contributed by atoms with E-state index in [0.717, 1.165) is 0 Å². The molecule has 0 radical (unpaired) electrons. The predicted octanol–water partition coefficient (Wildman–Crippen LogP) is 1.79. The Morgan fingerprint density at radius 2 is 0.500 bits per heavy atom. The van der Waals surface area contributed by atoms with Crippen molar-refractivity contribution in [2.45, 2.75) is 0 Å². The standard InChI is InChI=1S/3BrH.H3P/h3*1H;1H3. The maximum absolute atomic E-state index is 0. The first-order valence-electron chi connectivity index (χ1n) is 0. The molecule has 0 heterocycles. The van der Waals surface area contributed by atoms with Gasteiger partial charge in [0.25, 0.3) is 0 Å². The van der Waals surface area contributed by atoms with Crippen molar-refractivity contribution < 1.29 is 0 Å². The Kier molecular flexibility index (Phi) is 208. The van der Waals surface area contributed by atoms with Crippen LogP contribution in [-0.4, -0.2) is 0 Å². The van der Waals surface area contributed by atoms with Crippen LogP contribution in [0.15, 0.2) is 0 Å². The molecule has 1 unspecified atom stereocenters. The molecule has 0 aliphatic carbocycles. The molecule has 0 rings (SSSR count). The van der Waals surface area contributed by atoms with E-state index >= 15 is 0 Å². The number of halogens is 3. The average Bonchev–Trinajstić information content (AvgIpc) is 0. The summed E-state index contributed by atoms with van der Waals surface area (Å²) in [5.41, 5.74) is 0. The second kappa shape index (κ2) is 20.9. The molecule has 0 aromatic rings. The van der Waals surface area contributed by atoms with Crippen molar-refractivity contribution in [3.63, 3.8) is 0 Å². The first-order valence-corrected chi connectivity index (χ1v) is 0. The second-order valence-corrected chi connectivity index (χ2v) is 0. The van der Waals surface area contributed by atoms with E-state index in [-0.39, 0.29) is 60.8 Å². The first-order chi connectivity index (χ1) is 0. The van der Waals surface area contributed by atoms with Gasteiger partial charge in [0.05, 0.1) is 0 Å². The zero-order valence-electron chi connectivity index (χ0n) is 1.93. The van der Waals surface area contributed by atoms with E-state index < -0.39 is 0 Å². The van der Waals surface area contributed by atoms with Crippen molar-refractivity contribution in [2.24, 2.45) is 0 Å². The molecule has 0 nitrogen and oxygen atoms in total. The fourth-order valence-corrected chi connectivity index (χ4v) is 0. The van der Waals surface area contributed by atoms with Crippen LogP contribution < -0.4 is 0 Å². The lowest BCUT2D eigenvalue weighted by Crippen LogP contribution is 0.845. The van der Waals surface area contributed by atoms with Gasteiger partial charge in [-0.05, 0) is 0 Å². The van der Waals surface area contributed by atoms with Gasteiger partial charge in [0.2, 0.25) is 0 Å². The molecule has 0 fully saturated rings. The summed E-state index contributed by atoms with van der Waals surface area (Å²) in [6, 6.07) is 0. The van der Waals surface area contributed by atoms with Crippen molar-refractivity contribution in [3.8, 4) is 0 Å². The quantitative estimate of drug-likeness (QED) is 0.592. The maximum atomic E-state index is 0. The summed E-state index contributed by atoms with van der Waals surface area (Å²) in [7, 11) is 0. The van der Waals surface area contributed by atoms with Gasteiger partial charge in [-0.3, -0.25) is 0 Å². The summed E-state index contributed by atoms with van der Waals surface area (Å²) in [6.07, 6.45) is 0. The van der Waals surface area contributed by atoms with E-state index in [2.05, 4.69) is 0 Å². The van der Waals surface area contributed by atoms with E-state index in [9.17, 15) is 0 Å². The highest BCUT2D eigenvalue weighted by molar-refractivity contribution is 8.93. The molecule has 0 N–H and O–H groups in total. The second-order valence-electron chi connectivity index (χ2n) is 0. The normalized spacial score (nSPS) is 0. The van der Waals surface area contributed by atoms with Crippen LogP contribution in [0.3, 0.4) is 0 Å². The molecule has 0 bridgehead atoms. The van der Waals surface area contributed by atoms with Gasteiger partial charge in [0.1, 0.15) is 0 Å². The third-order valence-electron chi connectivity index (χ3n) is 0. The monoisotopic (exact) mass is 274 g/mol. The highest BCUT2D eigenvalue weighted by Crippen LogP contribution is 0.861. The van der Waals surface area contributed by atoms with E-state index in [1.54, 1.807) is 0 Å². The fourth-order valence-electron chi connectivity index (χ4n) is 0. The van der Waals surface area contributed by atoms with Gasteiger partial charge in [-0.15, -0.1) is 50.9 Å². The van der Waals surface area contributed by atoms with E-state index in [1.807, 2.05) is 0 Å². The summed E-state index contributed by atoms with van der Waals surface area (Å²) in [5.74, 6) is 0. The molecule has 32 valence electrons. The highest BCUT2D eigenvalue weighted by Gasteiger charge is -0.112. The van der Waals surface area contributed by atoms with E-state index in [1.165, 1.54) is 0 Å². The van der Waals surface area contributed by atoms with Crippen LogP contribution in [0.25, 0.3) is 0 Å². The van der Waals surface area contributed by atoms with Gasteiger partial charge in [-0.25, -0.2) is 0 Å². The topological polar surface area (TPSA) is 0 Å². The summed E-state index contributed by atoms with van der Waals surface area (Å²) in [6.45, 7) is 0. The lowest BCUT2D eigenvalue weighted by molar-refractivity contribution is 6.92. The zero-order chi connectivity index (χ0) is 0. The Balaban J connectivity index is 0. The molecular formula is H6Br3P. The summed E-state index contributed by atoms with van der Waals surface area (Å²) < 4.78 is 0. The molecular weight excluding hydrogens is 271 g/mol. The predicted molar refractivity (Wildman–Crippen MR) is 42.1 cm³/mol. The van der Waals surface area contributed by atoms with Gasteiger partial charge >= 0.3 is 0 Å². The van der Waals surface area contributed by atoms with Crippen molar-refractivity contribution in [1.29, 1.82) is 0 Å². The van der Waals surface area contributed by atoms with Crippen LogP contribution in [0, 0.1) is 0 Å². The lowest BCUT2D eigenvalue weighted by atomic mass is 31.0. The number of hydrogen-bond acceptors (Lipinski definition) is 0. The highest BCUT2D eigenvalue weighted by atomic mass is 79.9. The molecule has 0 amide bonds. The van der Waals surface area contributed by atoms with E-state index in [0.29, 0.717) is 0 Å². The molecule has 0 spiro atoms. The van der Waals surface area contributed by atoms with Gasteiger partial charge in [0, 0.05) is 0 Å².